The summed E-state index contributed by atoms with van der Waals surface area (Å²) >= 11 is 0. The van der Waals surface area contributed by atoms with Crippen LogP contribution in [0.1, 0.15) is 30.3 Å². The van der Waals surface area contributed by atoms with Crippen LogP contribution in [0.5, 0.6) is 0 Å². The molecule has 1 aliphatic heterocycles. The highest BCUT2D eigenvalue weighted by molar-refractivity contribution is 6.04. The second-order valence-electron chi connectivity index (χ2n) is 6.29. The van der Waals surface area contributed by atoms with Gasteiger partial charge in [0.15, 0.2) is 5.69 Å². The van der Waals surface area contributed by atoms with Gasteiger partial charge in [-0.15, -0.1) is 0 Å². The van der Waals surface area contributed by atoms with Gasteiger partial charge in [-0.2, -0.15) is 5.10 Å². The molecule has 0 radical (unpaired) electrons. The largest absolute Gasteiger partial charge is 0.381 e. The Hall–Kier alpha value is -2.41. The van der Waals surface area contributed by atoms with Crippen molar-refractivity contribution in [1.82, 2.24) is 20.4 Å². The fourth-order valence-corrected chi connectivity index (χ4v) is 3.11. The van der Waals surface area contributed by atoms with Crippen LogP contribution in [-0.2, 0) is 9.53 Å². The van der Waals surface area contributed by atoms with Crippen molar-refractivity contribution >= 4 is 22.7 Å². The maximum absolute atomic E-state index is 12.4. The standard InChI is InChI=1S/C18H24N4O3/c1-2-22(11-13-8-10-25-12-13)16(23)7-9-19-18(24)17-14-5-3-4-6-15(14)20-21-17/h3-6,13H,2,7-12H2,1H3,(H,19,24)(H,20,21). The molecule has 1 aliphatic rings. The molecular weight excluding hydrogens is 320 g/mol. The summed E-state index contributed by atoms with van der Waals surface area (Å²) < 4.78 is 5.37. The number of aromatic amines is 1. The molecule has 7 heteroatoms. The van der Waals surface area contributed by atoms with Crippen molar-refractivity contribution in [3.63, 3.8) is 0 Å². The zero-order valence-corrected chi connectivity index (χ0v) is 14.5. The summed E-state index contributed by atoms with van der Waals surface area (Å²) in [5.74, 6) is 0.216. The number of amides is 2. The van der Waals surface area contributed by atoms with E-state index in [1.54, 1.807) is 0 Å². The molecule has 134 valence electrons. The molecule has 0 saturated carbocycles. The van der Waals surface area contributed by atoms with Gasteiger partial charge in [-0.1, -0.05) is 18.2 Å². The zero-order chi connectivity index (χ0) is 17.6. The van der Waals surface area contributed by atoms with E-state index >= 15 is 0 Å². The Kier molecular flexibility index (Phi) is 5.65. The summed E-state index contributed by atoms with van der Waals surface area (Å²) in [5.41, 5.74) is 1.18. The summed E-state index contributed by atoms with van der Waals surface area (Å²) in [4.78, 5) is 26.5. The number of hydrogen-bond acceptors (Lipinski definition) is 4. The average Bonchev–Trinajstić information content (AvgIpc) is 3.28. The van der Waals surface area contributed by atoms with E-state index < -0.39 is 0 Å². The lowest BCUT2D eigenvalue weighted by atomic mass is 10.1. The Labute approximate surface area is 146 Å². The first-order valence-electron chi connectivity index (χ1n) is 8.76. The van der Waals surface area contributed by atoms with Crippen molar-refractivity contribution in [1.29, 1.82) is 0 Å². The van der Waals surface area contributed by atoms with E-state index in [4.69, 9.17) is 4.74 Å². The average molecular weight is 344 g/mol. The van der Waals surface area contributed by atoms with Crippen LogP contribution in [-0.4, -0.2) is 59.8 Å². The molecular formula is C18H24N4O3. The summed E-state index contributed by atoms with van der Waals surface area (Å²) in [5, 5.41) is 10.5. The van der Waals surface area contributed by atoms with Gasteiger partial charge in [-0.25, -0.2) is 0 Å². The van der Waals surface area contributed by atoms with Gasteiger partial charge < -0.3 is 15.0 Å². The second-order valence-corrected chi connectivity index (χ2v) is 6.29. The van der Waals surface area contributed by atoms with Gasteiger partial charge in [0.25, 0.3) is 5.91 Å². The fourth-order valence-electron chi connectivity index (χ4n) is 3.11. The third kappa shape index (κ3) is 4.17. The minimum absolute atomic E-state index is 0.0570. The predicted octanol–water partition coefficient (Wildman–Crippen LogP) is 1.57. The first-order valence-corrected chi connectivity index (χ1v) is 8.76. The van der Waals surface area contributed by atoms with E-state index in [2.05, 4.69) is 15.5 Å². The van der Waals surface area contributed by atoms with Crippen LogP contribution < -0.4 is 5.32 Å². The molecule has 2 N–H and O–H groups in total. The van der Waals surface area contributed by atoms with E-state index in [0.29, 0.717) is 24.7 Å². The Bertz CT molecular complexity index is 737. The Morgan fingerprint density at radius 3 is 3.00 bits per heavy atom. The highest BCUT2D eigenvalue weighted by Gasteiger charge is 2.21. The molecule has 2 amide bonds. The number of carbonyl (C=O) groups excluding carboxylic acids is 2. The maximum atomic E-state index is 12.4. The molecule has 3 rings (SSSR count). The smallest absolute Gasteiger partial charge is 0.272 e. The molecule has 2 aromatic rings. The Morgan fingerprint density at radius 1 is 1.40 bits per heavy atom. The van der Waals surface area contributed by atoms with Crippen LogP contribution in [0.25, 0.3) is 10.9 Å². The third-order valence-corrected chi connectivity index (χ3v) is 4.55. The van der Waals surface area contributed by atoms with Gasteiger partial charge in [-0.05, 0) is 19.4 Å². The van der Waals surface area contributed by atoms with Crippen molar-refractivity contribution in [2.45, 2.75) is 19.8 Å². The molecule has 1 saturated heterocycles. The molecule has 0 spiro atoms. The van der Waals surface area contributed by atoms with E-state index in [-0.39, 0.29) is 18.2 Å². The van der Waals surface area contributed by atoms with Crippen LogP contribution in [0.3, 0.4) is 0 Å². The number of hydrogen-bond donors (Lipinski definition) is 2. The van der Waals surface area contributed by atoms with Crippen LogP contribution in [0.2, 0.25) is 0 Å². The lowest BCUT2D eigenvalue weighted by Crippen LogP contribution is -2.37. The van der Waals surface area contributed by atoms with Crippen LogP contribution in [0, 0.1) is 5.92 Å². The quantitative estimate of drug-likeness (QED) is 0.798. The predicted molar refractivity (Wildman–Crippen MR) is 94.2 cm³/mol. The summed E-state index contributed by atoms with van der Waals surface area (Å²) in [6, 6.07) is 7.47. The molecule has 0 aliphatic carbocycles. The van der Waals surface area contributed by atoms with Crippen molar-refractivity contribution < 1.29 is 14.3 Å². The van der Waals surface area contributed by atoms with E-state index in [0.717, 1.165) is 37.1 Å². The SMILES string of the molecule is CCN(CC1CCOC1)C(=O)CCNC(=O)c1n[nH]c2ccccc12. The van der Waals surface area contributed by atoms with Gasteiger partial charge in [0, 0.05) is 44.0 Å². The van der Waals surface area contributed by atoms with Crippen molar-refractivity contribution in [2.24, 2.45) is 5.92 Å². The van der Waals surface area contributed by atoms with Crippen LogP contribution >= 0.6 is 0 Å². The summed E-state index contributed by atoms with van der Waals surface area (Å²) in [6.07, 6.45) is 1.29. The van der Waals surface area contributed by atoms with Crippen molar-refractivity contribution in [2.75, 3.05) is 32.8 Å². The number of para-hydroxylation sites is 1. The number of nitrogens with one attached hydrogen (secondary N) is 2. The minimum Gasteiger partial charge on any atom is -0.381 e. The second kappa shape index (κ2) is 8.11. The first kappa shape index (κ1) is 17.4. The van der Waals surface area contributed by atoms with Crippen LogP contribution in [0.15, 0.2) is 24.3 Å². The Morgan fingerprint density at radius 2 is 2.24 bits per heavy atom. The zero-order valence-electron chi connectivity index (χ0n) is 14.5. The summed E-state index contributed by atoms with van der Waals surface area (Å²) in [7, 11) is 0. The minimum atomic E-state index is -0.266. The van der Waals surface area contributed by atoms with E-state index in [9.17, 15) is 9.59 Å². The van der Waals surface area contributed by atoms with Crippen molar-refractivity contribution in [3.8, 4) is 0 Å². The molecule has 1 aromatic heterocycles. The molecule has 1 fully saturated rings. The van der Waals surface area contributed by atoms with Gasteiger partial charge >= 0.3 is 0 Å². The lowest BCUT2D eigenvalue weighted by molar-refractivity contribution is -0.131. The Balaban J connectivity index is 1.49. The fraction of sp³-hybridized carbons (Fsp3) is 0.500. The molecule has 1 unspecified atom stereocenters. The van der Waals surface area contributed by atoms with Gasteiger partial charge in [0.05, 0.1) is 12.1 Å². The number of ether oxygens (including phenoxy) is 1. The molecule has 0 bridgehead atoms. The lowest BCUT2D eigenvalue weighted by Gasteiger charge is -2.23. The number of rotatable bonds is 7. The summed E-state index contributed by atoms with van der Waals surface area (Å²) in [6.45, 7) is 5.19. The van der Waals surface area contributed by atoms with Crippen LogP contribution in [0.4, 0.5) is 0 Å². The normalized spacial score (nSPS) is 16.9. The van der Waals surface area contributed by atoms with Gasteiger partial charge in [-0.3, -0.25) is 14.7 Å². The number of fused-ring (bicyclic) bond motifs is 1. The highest BCUT2D eigenvalue weighted by atomic mass is 16.5. The van der Waals surface area contributed by atoms with Gasteiger partial charge in [0.2, 0.25) is 5.91 Å². The first-order chi connectivity index (χ1) is 12.2. The molecule has 7 nitrogen and oxygen atoms in total. The van der Waals surface area contributed by atoms with E-state index in [1.165, 1.54) is 0 Å². The third-order valence-electron chi connectivity index (χ3n) is 4.55. The topological polar surface area (TPSA) is 87.3 Å². The number of aromatic nitrogens is 2. The number of benzene rings is 1. The van der Waals surface area contributed by atoms with Gasteiger partial charge in [0.1, 0.15) is 0 Å². The number of carbonyl (C=O) groups is 2. The highest BCUT2D eigenvalue weighted by Crippen LogP contribution is 2.15. The van der Waals surface area contributed by atoms with E-state index in [1.807, 2.05) is 36.1 Å². The molecule has 1 atom stereocenters. The number of H-pyrrole nitrogens is 1. The molecule has 25 heavy (non-hydrogen) atoms. The van der Waals surface area contributed by atoms with Crippen molar-refractivity contribution in [3.05, 3.63) is 30.0 Å². The maximum Gasteiger partial charge on any atom is 0.272 e. The monoisotopic (exact) mass is 344 g/mol. The molecule has 2 heterocycles. The number of nitrogens with zero attached hydrogens (tertiary/aromatic N) is 2. The molecule has 1 aromatic carbocycles.